The van der Waals surface area contributed by atoms with Gasteiger partial charge in [-0.1, -0.05) is 0 Å². The van der Waals surface area contributed by atoms with Crippen LogP contribution in [0.25, 0.3) is 5.65 Å². The van der Waals surface area contributed by atoms with Gasteiger partial charge in [0.1, 0.15) is 5.56 Å². The van der Waals surface area contributed by atoms with Crippen molar-refractivity contribution in [2.24, 2.45) is 0 Å². The summed E-state index contributed by atoms with van der Waals surface area (Å²) >= 11 is 0. The Labute approximate surface area is 79.0 Å². The average Bonchev–Trinajstić information content (AvgIpc) is 2.39. The van der Waals surface area contributed by atoms with Crippen molar-refractivity contribution in [3.63, 3.8) is 0 Å². The number of nitrogen functional groups attached to an aromatic ring is 1. The Morgan fingerprint density at radius 2 is 2.36 bits per heavy atom. The van der Waals surface area contributed by atoms with E-state index in [1.54, 1.807) is 12.4 Å². The third kappa shape index (κ3) is 1.08. The molecule has 0 amide bonds. The van der Waals surface area contributed by atoms with Gasteiger partial charge in [0.25, 0.3) is 0 Å². The fourth-order valence-electron chi connectivity index (χ4n) is 1.25. The van der Waals surface area contributed by atoms with E-state index in [-0.39, 0.29) is 17.0 Å². The molecule has 0 aliphatic rings. The van der Waals surface area contributed by atoms with Crippen molar-refractivity contribution in [3.05, 3.63) is 23.5 Å². The molecule has 0 radical (unpaired) electrons. The van der Waals surface area contributed by atoms with E-state index in [1.807, 2.05) is 6.92 Å². The maximum atomic E-state index is 10.8. The number of aryl methyl sites for hydroxylation is 1. The van der Waals surface area contributed by atoms with Gasteiger partial charge in [0, 0.05) is 12.4 Å². The number of rotatable bonds is 1. The number of aromatic carboxylic acids is 1. The fourth-order valence-corrected chi connectivity index (χ4v) is 1.25. The molecule has 2 rings (SSSR count). The zero-order valence-corrected chi connectivity index (χ0v) is 7.43. The summed E-state index contributed by atoms with van der Waals surface area (Å²) in [6, 6.07) is 0. The minimum absolute atomic E-state index is 0.0180. The molecule has 6 heteroatoms. The highest BCUT2D eigenvalue weighted by molar-refractivity contribution is 5.99. The molecule has 0 saturated carbocycles. The lowest BCUT2D eigenvalue weighted by molar-refractivity contribution is 0.0700. The first-order chi connectivity index (χ1) is 6.59. The molecule has 2 aromatic heterocycles. The second kappa shape index (κ2) is 2.69. The van der Waals surface area contributed by atoms with E-state index in [0.717, 1.165) is 5.56 Å². The van der Waals surface area contributed by atoms with Crippen molar-refractivity contribution in [1.82, 2.24) is 14.6 Å². The van der Waals surface area contributed by atoms with Crippen LogP contribution in [-0.2, 0) is 0 Å². The van der Waals surface area contributed by atoms with Crippen LogP contribution in [0, 0.1) is 6.92 Å². The number of carboxylic acid groups (broad SMARTS) is 1. The van der Waals surface area contributed by atoms with Crippen LogP contribution in [-0.4, -0.2) is 25.7 Å². The van der Waals surface area contributed by atoms with E-state index in [4.69, 9.17) is 10.8 Å². The number of hydrogen-bond donors (Lipinski definition) is 2. The molecule has 14 heavy (non-hydrogen) atoms. The summed E-state index contributed by atoms with van der Waals surface area (Å²) in [5, 5.41) is 12.7. The molecule has 72 valence electrons. The first-order valence-corrected chi connectivity index (χ1v) is 3.93. The smallest absolute Gasteiger partial charge is 0.343 e. The van der Waals surface area contributed by atoms with Crippen LogP contribution in [0.1, 0.15) is 15.9 Å². The topological polar surface area (TPSA) is 93.5 Å². The first kappa shape index (κ1) is 8.49. The molecule has 0 bridgehead atoms. The molecule has 3 N–H and O–H groups in total. The predicted molar refractivity (Wildman–Crippen MR) is 49.1 cm³/mol. The Kier molecular flexibility index (Phi) is 1.63. The van der Waals surface area contributed by atoms with Crippen molar-refractivity contribution >= 4 is 17.4 Å². The highest BCUT2D eigenvalue weighted by atomic mass is 16.4. The van der Waals surface area contributed by atoms with Gasteiger partial charge in [-0.25, -0.2) is 14.3 Å². The Morgan fingerprint density at radius 3 is 3.00 bits per heavy atom. The quantitative estimate of drug-likeness (QED) is 0.678. The Morgan fingerprint density at radius 1 is 1.64 bits per heavy atom. The SMILES string of the molecule is Cc1cnc2c(C(=O)O)c(N)nn2c1. The molecule has 0 aromatic carbocycles. The Bertz CT molecular complexity index is 517. The first-order valence-electron chi connectivity index (χ1n) is 3.93. The monoisotopic (exact) mass is 192 g/mol. The number of anilines is 1. The molecule has 0 atom stereocenters. The van der Waals surface area contributed by atoms with Crippen LogP contribution in [0.5, 0.6) is 0 Å². The molecular weight excluding hydrogens is 184 g/mol. The van der Waals surface area contributed by atoms with Crippen molar-refractivity contribution < 1.29 is 9.90 Å². The molecule has 6 nitrogen and oxygen atoms in total. The maximum absolute atomic E-state index is 10.8. The predicted octanol–water partition coefficient (Wildman–Crippen LogP) is 0.318. The summed E-state index contributed by atoms with van der Waals surface area (Å²) in [7, 11) is 0. The van der Waals surface area contributed by atoms with Gasteiger partial charge in [0.05, 0.1) is 0 Å². The molecule has 2 heterocycles. The molecule has 0 saturated heterocycles. The van der Waals surface area contributed by atoms with E-state index < -0.39 is 5.97 Å². The van der Waals surface area contributed by atoms with Gasteiger partial charge >= 0.3 is 5.97 Å². The number of aromatic nitrogens is 3. The van der Waals surface area contributed by atoms with Gasteiger partial charge in [-0.15, -0.1) is 5.10 Å². The van der Waals surface area contributed by atoms with Crippen LogP contribution < -0.4 is 5.73 Å². The number of nitrogens with zero attached hydrogens (tertiary/aromatic N) is 3. The zero-order chi connectivity index (χ0) is 10.3. The summed E-state index contributed by atoms with van der Waals surface area (Å²) in [5.41, 5.74) is 6.55. The van der Waals surface area contributed by atoms with E-state index in [1.165, 1.54) is 4.52 Å². The third-order valence-electron chi connectivity index (χ3n) is 1.84. The van der Waals surface area contributed by atoms with Gasteiger partial charge in [-0.2, -0.15) is 0 Å². The van der Waals surface area contributed by atoms with Crippen molar-refractivity contribution in [3.8, 4) is 0 Å². The van der Waals surface area contributed by atoms with Gasteiger partial charge < -0.3 is 10.8 Å². The highest BCUT2D eigenvalue weighted by Gasteiger charge is 2.17. The average molecular weight is 192 g/mol. The minimum atomic E-state index is -1.12. The lowest BCUT2D eigenvalue weighted by Crippen LogP contribution is -2.00. The number of carbonyl (C=O) groups is 1. The summed E-state index contributed by atoms with van der Waals surface area (Å²) in [6.45, 7) is 1.84. The standard InChI is InChI=1S/C8H8N4O2/c1-4-2-10-7-5(8(13)14)6(9)11-12(7)3-4/h2-3H,1H3,(H2,9,11)(H,13,14). The number of hydrogen-bond acceptors (Lipinski definition) is 4. The Balaban J connectivity index is 2.84. The Hall–Kier alpha value is -2.11. The highest BCUT2D eigenvalue weighted by Crippen LogP contribution is 2.15. The lowest BCUT2D eigenvalue weighted by atomic mass is 10.3. The van der Waals surface area contributed by atoms with Crippen LogP contribution in [0.3, 0.4) is 0 Å². The zero-order valence-electron chi connectivity index (χ0n) is 7.43. The van der Waals surface area contributed by atoms with Crippen LogP contribution in [0.15, 0.2) is 12.4 Å². The fraction of sp³-hybridized carbons (Fsp3) is 0.125. The lowest BCUT2D eigenvalue weighted by Gasteiger charge is -1.94. The molecule has 0 spiro atoms. The van der Waals surface area contributed by atoms with Gasteiger partial charge in [-0.05, 0) is 12.5 Å². The van der Waals surface area contributed by atoms with E-state index in [0.29, 0.717) is 0 Å². The number of carboxylic acids is 1. The maximum Gasteiger partial charge on any atom is 0.343 e. The largest absolute Gasteiger partial charge is 0.477 e. The third-order valence-corrected chi connectivity index (χ3v) is 1.84. The van der Waals surface area contributed by atoms with Crippen LogP contribution in [0.2, 0.25) is 0 Å². The van der Waals surface area contributed by atoms with Crippen LogP contribution >= 0.6 is 0 Å². The van der Waals surface area contributed by atoms with Gasteiger partial charge in [0.15, 0.2) is 11.5 Å². The minimum Gasteiger partial charge on any atom is -0.477 e. The molecule has 2 aromatic rings. The summed E-state index contributed by atoms with van der Waals surface area (Å²) in [4.78, 5) is 14.8. The van der Waals surface area contributed by atoms with E-state index in [9.17, 15) is 4.79 Å². The summed E-state index contributed by atoms with van der Waals surface area (Å²) in [5.74, 6) is -1.13. The second-order valence-corrected chi connectivity index (χ2v) is 2.96. The van der Waals surface area contributed by atoms with Gasteiger partial charge in [-0.3, -0.25) is 0 Å². The normalized spacial score (nSPS) is 10.6. The number of nitrogens with two attached hydrogens (primary N) is 1. The second-order valence-electron chi connectivity index (χ2n) is 2.96. The summed E-state index contributed by atoms with van der Waals surface area (Å²) in [6.07, 6.45) is 3.24. The molecule has 0 fully saturated rings. The number of fused-ring (bicyclic) bond motifs is 1. The molecule has 0 unspecified atom stereocenters. The molecule has 0 aliphatic heterocycles. The van der Waals surface area contributed by atoms with Gasteiger partial charge in [0.2, 0.25) is 0 Å². The van der Waals surface area contributed by atoms with E-state index in [2.05, 4.69) is 10.1 Å². The summed E-state index contributed by atoms with van der Waals surface area (Å²) < 4.78 is 1.37. The van der Waals surface area contributed by atoms with Crippen molar-refractivity contribution in [1.29, 1.82) is 0 Å². The van der Waals surface area contributed by atoms with Crippen LogP contribution in [0.4, 0.5) is 5.82 Å². The van der Waals surface area contributed by atoms with E-state index >= 15 is 0 Å². The molecule has 0 aliphatic carbocycles. The molecular formula is C8H8N4O2. The van der Waals surface area contributed by atoms with Crippen molar-refractivity contribution in [2.45, 2.75) is 6.92 Å². The van der Waals surface area contributed by atoms with Crippen molar-refractivity contribution in [2.75, 3.05) is 5.73 Å².